The summed E-state index contributed by atoms with van der Waals surface area (Å²) in [6.07, 6.45) is 5.50. The minimum absolute atomic E-state index is 0.0901. The van der Waals surface area contributed by atoms with Crippen LogP contribution in [0.2, 0.25) is 0 Å². The first-order valence-corrected chi connectivity index (χ1v) is 8.68. The van der Waals surface area contributed by atoms with Gasteiger partial charge in [-0.3, -0.25) is 4.90 Å². The monoisotopic (exact) mass is 341 g/mol. The van der Waals surface area contributed by atoms with Crippen molar-refractivity contribution in [2.45, 2.75) is 31.1 Å². The molecule has 0 radical (unpaired) electrons. The fourth-order valence-corrected chi connectivity index (χ4v) is 3.74. The molecule has 0 aromatic carbocycles. The number of hydrogen-bond acceptors (Lipinski definition) is 6. The van der Waals surface area contributed by atoms with E-state index in [9.17, 15) is 0 Å². The molecule has 6 heteroatoms. The number of hydrogen-bond donors (Lipinski definition) is 0. The summed E-state index contributed by atoms with van der Waals surface area (Å²) in [6.45, 7) is 3.38. The fraction of sp³-hybridized carbons (Fsp3) is 0.474. The van der Waals surface area contributed by atoms with Gasteiger partial charge in [-0.25, -0.2) is 9.97 Å². The molecule has 2 saturated heterocycles. The first-order valence-electron chi connectivity index (χ1n) is 8.68. The molecule has 6 nitrogen and oxygen atoms in total. The molecule has 25 heavy (non-hydrogen) atoms. The minimum Gasteiger partial charge on any atom is -0.481 e. The summed E-state index contributed by atoms with van der Waals surface area (Å²) in [4.78, 5) is 10.9. The Morgan fingerprint density at radius 3 is 2.88 bits per heavy atom. The highest BCUT2D eigenvalue weighted by molar-refractivity contribution is 5.26. The van der Waals surface area contributed by atoms with Gasteiger partial charge in [-0.05, 0) is 12.1 Å². The summed E-state index contributed by atoms with van der Waals surface area (Å²) >= 11 is 0. The summed E-state index contributed by atoms with van der Waals surface area (Å²) in [5, 5.41) is 0. The predicted molar refractivity (Wildman–Crippen MR) is 92.6 cm³/mol. The van der Waals surface area contributed by atoms with E-state index in [1.165, 1.54) is 0 Å². The van der Waals surface area contributed by atoms with Crippen molar-refractivity contribution in [1.82, 2.24) is 14.9 Å². The number of rotatable bonds is 5. The fourth-order valence-electron chi connectivity index (χ4n) is 3.74. The lowest BCUT2D eigenvalue weighted by molar-refractivity contribution is -0.188. The largest absolute Gasteiger partial charge is 0.481 e. The highest BCUT2D eigenvalue weighted by atomic mass is 16.5. The van der Waals surface area contributed by atoms with E-state index in [0.29, 0.717) is 11.8 Å². The number of ether oxygens (including phenoxy) is 3. The Balaban J connectivity index is 1.33. The van der Waals surface area contributed by atoms with Gasteiger partial charge in [0.1, 0.15) is 6.10 Å². The highest BCUT2D eigenvalue weighted by Gasteiger charge is 2.48. The molecule has 4 rings (SSSR count). The van der Waals surface area contributed by atoms with E-state index in [-0.39, 0.29) is 11.7 Å². The SMILES string of the molecule is COc1ncccc1CN1CC2(C[C@@H](Oc3ccccn3)CCO2)C1. The molecule has 0 aliphatic carbocycles. The molecule has 0 amide bonds. The topological polar surface area (TPSA) is 56.7 Å². The molecule has 1 atom stereocenters. The molecule has 4 heterocycles. The molecule has 2 aliphatic rings. The lowest BCUT2D eigenvalue weighted by atomic mass is 9.84. The summed E-state index contributed by atoms with van der Waals surface area (Å²) in [5.74, 6) is 1.39. The van der Waals surface area contributed by atoms with Crippen molar-refractivity contribution >= 4 is 0 Å². The maximum Gasteiger partial charge on any atom is 0.217 e. The molecule has 2 aliphatic heterocycles. The second kappa shape index (κ2) is 6.98. The second-order valence-electron chi connectivity index (χ2n) is 6.75. The lowest BCUT2D eigenvalue weighted by Crippen LogP contribution is -2.65. The van der Waals surface area contributed by atoms with Gasteiger partial charge in [0, 0.05) is 56.5 Å². The number of nitrogens with zero attached hydrogens (tertiary/aromatic N) is 3. The van der Waals surface area contributed by atoms with Crippen LogP contribution >= 0.6 is 0 Å². The maximum atomic E-state index is 6.10. The summed E-state index contributed by atoms with van der Waals surface area (Å²) in [7, 11) is 1.66. The molecule has 0 saturated carbocycles. The first kappa shape index (κ1) is 16.3. The van der Waals surface area contributed by atoms with Crippen LogP contribution in [0.15, 0.2) is 42.7 Å². The third-order valence-corrected chi connectivity index (χ3v) is 4.83. The molecule has 0 N–H and O–H groups in total. The highest BCUT2D eigenvalue weighted by Crippen LogP contribution is 2.36. The van der Waals surface area contributed by atoms with Gasteiger partial charge >= 0.3 is 0 Å². The summed E-state index contributed by atoms with van der Waals surface area (Å²) in [5.41, 5.74) is 1.02. The van der Waals surface area contributed by atoms with Gasteiger partial charge in [-0.2, -0.15) is 0 Å². The van der Waals surface area contributed by atoms with Crippen molar-refractivity contribution in [1.29, 1.82) is 0 Å². The van der Waals surface area contributed by atoms with Gasteiger partial charge < -0.3 is 14.2 Å². The quantitative estimate of drug-likeness (QED) is 0.832. The normalized spacial score (nSPS) is 22.4. The van der Waals surface area contributed by atoms with E-state index in [0.717, 1.165) is 44.6 Å². The standard InChI is InChI=1S/C19H23N3O3/c1-23-18-15(5-4-9-21-18)12-22-13-19(14-22)11-16(7-10-24-19)25-17-6-2-3-8-20-17/h2-6,8-9,16H,7,10-14H2,1H3/t16-/m0/s1. The number of aromatic nitrogens is 2. The molecular formula is C19H23N3O3. The van der Waals surface area contributed by atoms with Crippen LogP contribution in [0.1, 0.15) is 18.4 Å². The Hall–Kier alpha value is -2.18. The van der Waals surface area contributed by atoms with Gasteiger partial charge in [0.15, 0.2) is 0 Å². The van der Waals surface area contributed by atoms with Gasteiger partial charge in [0.05, 0.1) is 19.3 Å². The number of pyridine rings is 2. The third kappa shape index (κ3) is 3.60. The van der Waals surface area contributed by atoms with Crippen molar-refractivity contribution < 1.29 is 14.2 Å². The lowest BCUT2D eigenvalue weighted by Gasteiger charge is -2.53. The molecule has 1 spiro atoms. The van der Waals surface area contributed by atoms with Gasteiger partial charge in [0.25, 0.3) is 0 Å². The van der Waals surface area contributed by atoms with E-state index in [4.69, 9.17) is 14.2 Å². The Labute approximate surface area is 147 Å². The molecule has 0 unspecified atom stereocenters. The smallest absolute Gasteiger partial charge is 0.217 e. The number of likely N-dealkylation sites (tertiary alicyclic amines) is 1. The zero-order chi connectivity index (χ0) is 17.1. The molecule has 132 valence electrons. The predicted octanol–water partition coefficient (Wildman–Crippen LogP) is 2.30. The van der Waals surface area contributed by atoms with E-state index >= 15 is 0 Å². The average Bonchev–Trinajstić information content (AvgIpc) is 2.62. The van der Waals surface area contributed by atoms with E-state index < -0.39 is 0 Å². The van der Waals surface area contributed by atoms with Crippen LogP contribution in [-0.4, -0.2) is 53.4 Å². The van der Waals surface area contributed by atoms with E-state index in [1.54, 1.807) is 19.5 Å². The molecule has 0 bridgehead atoms. The Kier molecular flexibility index (Phi) is 4.55. The Morgan fingerprint density at radius 1 is 1.20 bits per heavy atom. The van der Waals surface area contributed by atoms with Crippen molar-refractivity contribution in [2.24, 2.45) is 0 Å². The van der Waals surface area contributed by atoms with Gasteiger partial charge in [0.2, 0.25) is 11.8 Å². The Bertz CT molecular complexity index is 704. The minimum atomic E-state index is -0.0901. The zero-order valence-electron chi connectivity index (χ0n) is 14.4. The van der Waals surface area contributed by atoms with Crippen LogP contribution in [0.5, 0.6) is 11.8 Å². The van der Waals surface area contributed by atoms with Crippen LogP contribution in [0, 0.1) is 0 Å². The van der Waals surface area contributed by atoms with Crippen molar-refractivity contribution in [3.63, 3.8) is 0 Å². The Morgan fingerprint density at radius 2 is 2.08 bits per heavy atom. The zero-order valence-corrected chi connectivity index (χ0v) is 14.4. The van der Waals surface area contributed by atoms with Crippen LogP contribution in [-0.2, 0) is 11.3 Å². The molecule has 2 aromatic heterocycles. The van der Waals surface area contributed by atoms with Crippen LogP contribution < -0.4 is 9.47 Å². The van der Waals surface area contributed by atoms with Crippen LogP contribution in [0.3, 0.4) is 0 Å². The molecule has 2 fully saturated rings. The molecule has 2 aromatic rings. The van der Waals surface area contributed by atoms with Crippen LogP contribution in [0.25, 0.3) is 0 Å². The van der Waals surface area contributed by atoms with E-state index in [2.05, 4.69) is 20.9 Å². The molecular weight excluding hydrogens is 318 g/mol. The van der Waals surface area contributed by atoms with E-state index in [1.807, 2.05) is 24.3 Å². The summed E-state index contributed by atoms with van der Waals surface area (Å²) < 4.78 is 17.5. The van der Waals surface area contributed by atoms with Crippen LogP contribution in [0.4, 0.5) is 0 Å². The van der Waals surface area contributed by atoms with Crippen molar-refractivity contribution in [3.05, 3.63) is 48.3 Å². The number of methoxy groups -OCH3 is 1. The second-order valence-corrected chi connectivity index (χ2v) is 6.75. The maximum absolute atomic E-state index is 6.10. The van der Waals surface area contributed by atoms with Gasteiger partial charge in [-0.1, -0.05) is 12.1 Å². The van der Waals surface area contributed by atoms with Crippen molar-refractivity contribution in [2.75, 3.05) is 26.8 Å². The first-order chi connectivity index (χ1) is 12.3. The summed E-state index contributed by atoms with van der Waals surface area (Å²) in [6, 6.07) is 9.76. The third-order valence-electron chi connectivity index (χ3n) is 4.83. The van der Waals surface area contributed by atoms with Crippen molar-refractivity contribution in [3.8, 4) is 11.8 Å². The average molecular weight is 341 g/mol. The van der Waals surface area contributed by atoms with Gasteiger partial charge in [-0.15, -0.1) is 0 Å².